The van der Waals surface area contributed by atoms with Crippen molar-refractivity contribution in [3.05, 3.63) is 73.2 Å². The van der Waals surface area contributed by atoms with Crippen LogP contribution in [-0.4, -0.2) is 10.8 Å². The number of nitro groups is 1. The third-order valence-corrected chi connectivity index (χ3v) is 4.01. The lowest BCUT2D eigenvalue weighted by Crippen LogP contribution is -2.26. The number of benzene rings is 2. The summed E-state index contributed by atoms with van der Waals surface area (Å²) in [6.07, 6.45) is 0. The fraction of sp³-hybridized carbons (Fsp3) is 0.133. The van der Waals surface area contributed by atoms with Crippen molar-refractivity contribution in [2.75, 3.05) is 0 Å². The summed E-state index contributed by atoms with van der Waals surface area (Å²) in [7, 11) is 0. The molecule has 0 unspecified atom stereocenters. The van der Waals surface area contributed by atoms with E-state index in [1.807, 2.05) is 13.0 Å². The molecule has 1 atom stereocenters. The van der Waals surface area contributed by atoms with Crippen LogP contribution in [0.4, 0.5) is 5.69 Å². The largest absolute Gasteiger partial charge is 0.346 e. The van der Waals surface area contributed by atoms with Crippen LogP contribution in [0.25, 0.3) is 0 Å². The van der Waals surface area contributed by atoms with Gasteiger partial charge in [-0.15, -0.1) is 0 Å². The van der Waals surface area contributed by atoms with Gasteiger partial charge in [-0.25, -0.2) is 0 Å². The third kappa shape index (κ3) is 3.84. The topological polar surface area (TPSA) is 72.2 Å². The second kappa shape index (κ2) is 6.89. The summed E-state index contributed by atoms with van der Waals surface area (Å²) in [5.74, 6) is -0.386. The summed E-state index contributed by atoms with van der Waals surface area (Å²) in [4.78, 5) is 22.6. The van der Waals surface area contributed by atoms with Crippen molar-refractivity contribution in [2.24, 2.45) is 0 Å². The van der Waals surface area contributed by atoms with E-state index in [4.69, 9.17) is 11.6 Å². The maximum atomic E-state index is 12.2. The van der Waals surface area contributed by atoms with Crippen LogP contribution in [0.3, 0.4) is 0 Å². The normalized spacial score (nSPS) is 11.8. The van der Waals surface area contributed by atoms with Crippen LogP contribution in [0.2, 0.25) is 5.02 Å². The first-order valence-corrected chi connectivity index (χ1v) is 7.56. The summed E-state index contributed by atoms with van der Waals surface area (Å²) >= 11 is 9.01. The van der Waals surface area contributed by atoms with Crippen LogP contribution in [0.5, 0.6) is 0 Å². The molecule has 2 rings (SSSR count). The predicted molar refractivity (Wildman–Crippen MR) is 88.1 cm³/mol. The first-order chi connectivity index (χ1) is 10.4. The summed E-state index contributed by atoms with van der Waals surface area (Å²) in [6.45, 7) is 1.82. The fourth-order valence-corrected chi connectivity index (χ4v) is 2.52. The van der Waals surface area contributed by atoms with Crippen molar-refractivity contribution in [3.8, 4) is 0 Å². The van der Waals surface area contributed by atoms with Crippen molar-refractivity contribution in [3.63, 3.8) is 0 Å². The number of nitrogens with zero attached hydrogens (tertiary/aromatic N) is 1. The Morgan fingerprint density at radius 3 is 2.68 bits per heavy atom. The van der Waals surface area contributed by atoms with Gasteiger partial charge in [0.25, 0.3) is 11.6 Å². The number of halogens is 2. The Morgan fingerprint density at radius 2 is 2.05 bits per heavy atom. The molecule has 2 aromatic rings. The molecule has 7 heteroatoms. The van der Waals surface area contributed by atoms with Crippen LogP contribution >= 0.6 is 27.5 Å². The van der Waals surface area contributed by atoms with Crippen LogP contribution in [0.15, 0.2) is 46.9 Å². The lowest BCUT2D eigenvalue weighted by molar-refractivity contribution is -0.385. The molecule has 0 aliphatic rings. The van der Waals surface area contributed by atoms with Gasteiger partial charge in [-0.1, -0.05) is 23.7 Å². The van der Waals surface area contributed by atoms with Crippen molar-refractivity contribution in [2.45, 2.75) is 13.0 Å². The van der Waals surface area contributed by atoms with E-state index in [-0.39, 0.29) is 23.2 Å². The molecule has 0 aliphatic heterocycles. The molecule has 0 heterocycles. The number of amides is 1. The van der Waals surface area contributed by atoms with Crippen LogP contribution in [-0.2, 0) is 0 Å². The highest BCUT2D eigenvalue weighted by Crippen LogP contribution is 2.26. The molecule has 0 bridgehead atoms. The number of carbonyl (C=O) groups excluding carboxylic acids is 1. The zero-order valence-corrected chi connectivity index (χ0v) is 13.9. The van der Waals surface area contributed by atoms with E-state index in [0.29, 0.717) is 9.50 Å². The Labute approximate surface area is 140 Å². The second-order valence-electron chi connectivity index (χ2n) is 4.67. The molecular weight excluding hydrogens is 372 g/mol. The predicted octanol–water partition coefficient (Wildman–Crippen LogP) is 4.50. The van der Waals surface area contributed by atoms with Crippen molar-refractivity contribution in [1.82, 2.24) is 5.32 Å². The van der Waals surface area contributed by atoms with Gasteiger partial charge in [-0.3, -0.25) is 14.9 Å². The van der Waals surface area contributed by atoms with Gasteiger partial charge in [0.05, 0.1) is 15.4 Å². The molecule has 1 N–H and O–H groups in total. The highest BCUT2D eigenvalue weighted by atomic mass is 79.9. The molecule has 0 aromatic heterocycles. The first kappa shape index (κ1) is 16.5. The molecular formula is C15H12BrClN2O3. The van der Waals surface area contributed by atoms with Gasteiger partial charge in [0, 0.05) is 16.7 Å². The van der Waals surface area contributed by atoms with E-state index >= 15 is 0 Å². The van der Waals surface area contributed by atoms with Crippen LogP contribution in [0.1, 0.15) is 28.9 Å². The summed E-state index contributed by atoms with van der Waals surface area (Å²) in [5.41, 5.74) is 0.930. The smallest absolute Gasteiger partial charge is 0.284 e. The van der Waals surface area contributed by atoms with E-state index < -0.39 is 4.92 Å². The van der Waals surface area contributed by atoms with Crippen LogP contribution < -0.4 is 5.32 Å². The van der Waals surface area contributed by atoms with Gasteiger partial charge < -0.3 is 5.32 Å². The highest BCUT2D eigenvalue weighted by Gasteiger charge is 2.17. The SMILES string of the molecule is C[C@H](NC(=O)c1ccc(Br)c([N+](=O)[O-])c1)c1cccc(Cl)c1. The van der Waals surface area contributed by atoms with E-state index in [1.165, 1.54) is 18.2 Å². The molecule has 0 spiro atoms. The van der Waals surface area contributed by atoms with Crippen LogP contribution in [0, 0.1) is 10.1 Å². The average Bonchev–Trinajstić information content (AvgIpc) is 2.47. The van der Waals surface area contributed by atoms with E-state index in [0.717, 1.165) is 5.56 Å². The van der Waals surface area contributed by atoms with Crippen molar-refractivity contribution in [1.29, 1.82) is 0 Å². The third-order valence-electron chi connectivity index (χ3n) is 3.10. The zero-order valence-electron chi connectivity index (χ0n) is 11.5. The number of hydrogen-bond donors (Lipinski definition) is 1. The number of hydrogen-bond acceptors (Lipinski definition) is 3. The number of nitrogens with one attached hydrogen (secondary N) is 1. The Morgan fingerprint density at radius 1 is 1.32 bits per heavy atom. The number of carbonyl (C=O) groups is 1. The average molecular weight is 384 g/mol. The minimum Gasteiger partial charge on any atom is -0.346 e. The Balaban J connectivity index is 2.19. The molecule has 0 saturated heterocycles. The maximum Gasteiger partial charge on any atom is 0.284 e. The molecule has 2 aromatic carbocycles. The molecule has 5 nitrogen and oxygen atoms in total. The summed E-state index contributed by atoms with van der Waals surface area (Å²) < 4.78 is 0.330. The first-order valence-electron chi connectivity index (χ1n) is 6.38. The minimum absolute atomic E-state index is 0.150. The number of nitro benzene ring substituents is 1. The molecule has 1 amide bonds. The van der Waals surface area contributed by atoms with Gasteiger partial charge >= 0.3 is 0 Å². The van der Waals surface area contributed by atoms with E-state index in [2.05, 4.69) is 21.2 Å². The fourth-order valence-electron chi connectivity index (χ4n) is 1.93. The van der Waals surface area contributed by atoms with Gasteiger partial charge in [0.2, 0.25) is 0 Å². The molecule has 0 fully saturated rings. The minimum atomic E-state index is -0.540. The summed E-state index contributed by atoms with van der Waals surface area (Å²) in [5, 5.41) is 14.3. The van der Waals surface area contributed by atoms with Crippen molar-refractivity contribution < 1.29 is 9.72 Å². The molecule has 114 valence electrons. The van der Waals surface area contributed by atoms with E-state index in [9.17, 15) is 14.9 Å². The Kier molecular flexibility index (Phi) is 5.15. The van der Waals surface area contributed by atoms with Gasteiger partial charge in [-0.2, -0.15) is 0 Å². The van der Waals surface area contributed by atoms with Gasteiger partial charge in [0.1, 0.15) is 0 Å². The molecule has 0 aliphatic carbocycles. The second-order valence-corrected chi connectivity index (χ2v) is 5.96. The Bertz CT molecular complexity index is 736. The monoisotopic (exact) mass is 382 g/mol. The lowest BCUT2D eigenvalue weighted by atomic mass is 10.1. The van der Waals surface area contributed by atoms with E-state index in [1.54, 1.807) is 18.2 Å². The molecule has 0 saturated carbocycles. The standard InChI is InChI=1S/C15H12BrClN2O3/c1-9(10-3-2-4-12(17)7-10)18-15(20)11-5-6-13(16)14(8-11)19(21)22/h2-9H,1H3,(H,18,20)/t9-/m0/s1. The molecule has 0 radical (unpaired) electrons. The maximum absolute atomic E-state index is 12.2. The quantitative estimate of drug-likeness (QED) is 0.624. The van der Waals surface area contributed by atoms with Gasteiger partial charge in [0.15, 0.2) is 0 Å². The van der Waals surface area contributed by atoms with Crippen molar-refractivity contribution >= 4 is 39.1 Å². The zero-order chi connectivity index (χ0) is 16.3. The highest BCUT2D eigenvalue weighted by molar-refractivity contribution is 9.10. The summed E-state index contributed by atoms with van der Waals surface area (Å²) in [6, 6.07) is 11.1. The molecule has 22 heavy (non-hydrogen) atoms. The lowest BCUT2D eigenvalue weighted by Gasteiger charge is -2.14. The van der Waals surface area contributed by atoms with Gasteiger partial charge in [-0.05, 0) is 52.7 Å². The Hall–Kier alpha value is -1.92. The number of rotatable bonds is 4.